The average Bonchev–Trinajstić information content (AvgIpc) is 2.41. The number of hydrogen-bond donors (Lipinski definition) is 1. The maximum absolute atomic E-state index is 13.2. The van der Waals surface area contributed by atoms with Crippen LogP contribution in [0.2, 0.25) is 0 Å². The molecule has 1 aliphatic rings. The van der Waals surface area contributed by atoms with Gasteiger partial charge in [0.25, 0.3) is 0 Å². The molecule has 1 aromatic carbocycles. The molecule has 0 saturated carbocycles. The normalized spacial score (nSPS) is 24.8. The van der Waals surface area contributed by atoms with Crippen LogP contribution in [0.1, 0.15) is 19.8 Å². The van der Waals surface area contributed by atoms with Gasteiger partial charge in [-0.05, 0) is 37.0 Å². The summed E-state index contributed by atoms with van der Waals surface area (Å²) in [5, 5.41) is 0. The van der Waals surface area contributed by atoms with Gasteiger partial charge >= 0.3 is 0 Å². The number of piperidine rings is 1. The van der Waals surface area contributed by atoms with Gasteiger partial charge in [-0.2, -0.15) is 4.31 Å². The molecule has 112 valence electrons. The van der Waals surface area contributed by atoms with E-state index in [1.807, 2.05) is 6.92 Å². The lowest BCUT2D eigenvalue weighted by Gasteiger charge is -2.36. The van der Waals surface area contributed by atoms with Gasteiger partial charge in [0.05, 0.1) is 4.90 Å². The number of halogens is 2. The summed E-state index contributed by atoms with van der Waals surface area (Å²) in [4.78, 5) is -0.232. The van der Waals surface area contributed by atoms with Crippen molar-refractivity contribution in [3.8, 4) is 0 Å². The van der Waals surface area contributed by atoms with Gasteiger partial charge in [0.2, 0.25) is 10.0 Å². The van der Waals surface area contributed by atoms with Gasteiger partial charge in [0.1, 0.15) is 0 Å². The summed E-state index contributed by atoms with van der Waals surface area (Å²) < 4.78 is 52.5. The highest BCUT2D eigenvalue weighted by Crippen LogP contribution is 2.28. The van der Waals surface area contributed by atoms with Gasteiger partial charge in [-0.15, -0.1) is 0 Å². The van der Waals surface area contributed by atoms with E-state index in [1.54, 1.807) is 0 Å². The molecule has 1 heterocycles. The second-order valence-electron chi connectivity index (χ2n) is 5.21. The molecule has 20 heavy (non-hydrogen) atoms. The van der Waals surface area contributed by atoms with Crippen LogP contribution in [-0.2, 0) is 10.0 Å². The van der Waals surface area contributed by atoms with Crippen molar-refractivity contribution < 1.29 is 17.2 Å². The SMILES string of the molecule is CC1CCN(S(=O)(=O)c2ccc(F)c(F)c2)C(CN)C1. The Morgan fingerprint density at radius 1 is 1.35 bits per heavy atom. The summed E-state index contributed by atoms with van der Waals surface area (Å²) in [5.74, 6) is -1.83. The highest BCUT2D eigenvalue weighted by atomic mass is 32.2. The molecule has 0 amide bonds. The van der Waals surface area contributed by atoms with Crippen LogP contribution < -0.4 is 5.73 Å². The molecule has 2 rings (SSSR count). The first-order valence-corrected chi connectivity index (χ1v) is 7.97. The molecule has 0 spiro atoms. The quantitative estimate of drug-likeness (QED) is 0.924. The Hall–Kier alpha value is -1.05. The van der Waals surface area contributed by atoms with Crippen molar-refractivity contribution >= 4 is 10.0 Å². The third-order valence-corrected chi connectivity index (χ3v) is 5.64. The number of benzene rings is 1. The van der Waals surface area contributed by atoms with Crippen LogP contribution in [0.15, 0.2) is 23.1 Å². The zero-order chi connectivity index (χ0) is 14.9. The third-order valence-electron chi connectivity index (χ3n) is 3.69. The highest BCUT2D eigenvalue weighted by Gasteiger charge is 2.35. The summed E-state index contributed by atoms with van der Waals surface area (Å²) >= 11 is 0. The summed E-state index contributed by atoms with van der Waals surface area (Å²) in [6.07, 6.45) is 1.42. The van der Waals surface area contributed by atoms with Crippen molar-refractivity contribution in [3.63, 3.8) is 0 Å². The smallest absolute Gasteiger partial charge is 0.243 e. The molecule has 0 aliphatic carbocycles. The van der Waals surface area contributed by atoms with E-state index in [2.05, 4.69) is 0 Å². The Morgan fingerprint density at radius 2 is 2.05 bits per heavy atom. The topological polar surface area (TPSA) is 63.4 Å². The van der Waals surface area contributed by atoms with E-state index in [0.717, 1.165) is 24.6 Å². The molecule has 0 aromatic heterocycles. The van der Waals surface area contributed by atoms with Crippen LogP contribution in [0, 0.1) is 17.6 Å². The first-order chi connectivity index (χ1) is 9.36. The van der Waals surface area contributed by atoms with Gasteiger partial charge in [-0.25, -0.2) is 17.2 Å². The zero-order valence-corrected chi connectivity index (χ0v) is 12.0. The lowest BCUT2D eigenvalue weighted by Crippen LogP contribution is -2.49. The van der Waals surface area contributed by atoms with E-state index < -0.39 is 21.7 Å². The van der Waals surface area contributed by atoms with Crippen LogP contribution in [0.5, 0.6) is 0 Å². The fourth-order valence-corrected chi connectivity index (χ4v) is 4.21. The van der Waals surface area contributed by atoms with Crippen molar-refractivity contribution in [3.05, 3.63) is 29.8 Å². The Balaban J connectivity index is 2.35. The fraction of sp³-hybridized carbons (Fsp3) is 0.538. The number of nitrogens with zero attached hydrogens (tertiary/aromatic N) is 1. The van der Waals surface area contributed by atoms with Crippen molar-refractivity contribution in [2.75, 3.05) is 13.1 Å². The number of rotatable bonds is 3. The van der Waals surface area contributed by atoms with Crippen LogP contribution in [-0.4, -0.2) is 31.9 Å². The molecule has 1 saturated heterocycles. The minimum Gasteiger partial charge on any atom is -0.329 e. The van der Waals surface area contributed by atoms with Crippen LogP contribution in [0.25, 0.3) is 0 Å². The Labute approximate surface area is 117 Å². The predicted molar refractivity (Wildman–Crippen MR) is 71.5 cm³/mol. The molecule has 4 nitrogen and oxygen atoms in total. The van der Waals surface area contributed by atoms with Gasteiger partial charge < -0.3 is 5.73 Å². The van der Waals surface area contributed by atoms with Gasteiger partial charge in [-0.3, -0.25) is 0 Å². The minimum absolute atomic E-state index is 0.216. The molecule has 0 radical (unpaired) electrons. The molecule has 1 aliphatic heterocycles. The van der Waals surface area contributed by atoms with E-state index >= 15 is 0 Å². The molecular formula is C13H18F2N2O2S. The van der Waals surface area contributed by atoms with Crippen LogP contribution >= 0.6 is 0 Å². The molecular weight excluding hydrogens is 286 g/mol. The Kier molecular flexibility index (Phi) is 4.41. The zero-order valence-electron chi connectivity index (χ0n) is 11.2. The lowest BCUT2D eigenvalue weighted by atomic mass is 9.94. The molecule has 1 aromatic rings. The fourth-order valence-electron chi connectivity index (χ4n) is 2.53. The number of hydrogen-bond acceptors (Lipinski definition) is 3. The van der Waals surface area contributed by atoms with E-state index in [1.165, 1.54) is 4.31 Å². The monoisotopic (exact) mass is 304 g/mol. The van der Waals surface area contributed by atoms with Crippen LogP contribution in [0.4, 0.5) is 8.78 Å². The standard InChI is InChI=1S/C13H18F2N2O2S/c1-9-4-5-17(10(6-9)8-16)20(18,19)11-2-3-12(14)13(15)7-11/h2-3,7,9-10H,4-6,8,16H2,1H3. The van der Waals surface area contributed by atoms with E-state index in [0.29, 0.717) is 18.9 Å². The van der Waals surface area contributed by atoms with Gasteiger partial charge in [0.15, 0.2) is 11.6 Å². The Morgan fingerprint density at radius 3 is 2.65 bits per heavy atom. The first kappa shape index (κ1) is 15.3. The minimum atomic E-state index is -3.84. The number of nitrogens with two attached hydrogens (primary N) is 1. The third kappa shape index (κ3) is 2.84. The van der Waals surface area contributed by atoms with E-state index in [9.17, 15) is 17.2 Å². The van der Waals surface area contributed by atoms with Crippen molar-refractivity contribution in [2.24, 2.45) is 11.7 Å². The first-order valence-electron chi connectivity index (χ1n) is 6.53. The van der Waals surface area contributed by atoms with Gasteiger partial charge in [-0.1, -0.05) is 6.92 Å². The maximum Gasteiger partial charge on any atom is 0.243 e. The Bertz CT molecular complexity index is 592. The predicted octanol–water partition coefficient (Wildman–Crippen LogP) is 1.71. The second kappa shape index (κ2) is 5.75. The maximum atomic E-state index is 13.2. The summed E-state index contributed by atoms with van der Waals surface area (Å²) in [7, 11) is -3.84. The van der Waals surface area contributed by atoms with E-state index in [4.69, 9.17) is 5.73 Å². The van der Waals surface area contributed by atoms with E-state index in [-0.39, 0.29) is 17.5 Å². The summed E-state index contributed by atoms with van der Waals surface area (Å²) in [5.41, 5.74) is 5.64. The average molecular weight is 304 g/mol. The number of sulfonamides is 1. The van der Waals surface area contributed by atoms with Gasteiger partial charge in [0, 0.05) is 19.1 Å². The lowest BCUT2D eigenvalue weighted by molar-refractivity contribution is 0.211. The van der Waals surface area contributed by atoms with Crippen molar-refractivity contribution in [1.29, 1.82) is 0 Å². The summed E-state index contributed by atoms with van der Waals surface area (Å²) in [6, 6.07) is 2.33. The van der Waals surface area contributed by atoms with Crippen molar-refractivity contribution in [1.82, 2.24) is 4.31 Å². The molecule has 0 bridgehead atoms. The molecule has 2 N–H and O–H groups in total. The largest absolute Gasteiger partial charge is 0.329 e. The van der Waals surface area contributed by atoms with Crippen LogP contribution in [0.3, 0.4) is 0 Å². The molecule has 2 unspecified atom stereocenters. The summed E-state index contributed by atoms with van der Waals surface area (Å²) in [6.45, 7) is 2.61. The molecule has 1 fully saturated rings. The second-order valence-corrected chi connectivity index (χ2v) is 7.10. The molecule has 7 heteroatoms. The highest BCUT2D eigenvalue weighted by molar-refractivity contribution is 7.89. The molecule has 2 atom stereocenters. The van der Waals surface area contributed by atoms with Crippen molar-refractivity contribution in [2.45, 2.75) is 30.7 Å².